The number of aromatic nitrogens is 2. The predicted molar refractivity (Wildman–Crippen MR) is 61.5 cm³/mol. The van der Waals surface area contributed by atoms with Gasteiger partial charge in [-0.2, -0.15) is 18.3 Å². The molecule has 0 atom stereocenters. The summed E-state index contributed by atoms with van der Waals surface area (Å²) in [5.74, 6) is 0. The monoisotopic (exact) mass is 255 g/mol. The molecule has 18 heavy (non-hydrogen) atoms. The molecule has 1 aromatic heterocycles. The van der Waals surface area contributed by atoms with Crippen molar-refractivity contribution < 1.29 is 13.2 Å². The van der Waals surface area contributed by atoms with Crippen LogP contribution in [0.5, 0.6) is 0 Å². The molecule has 0 saturated heterocycles. The summed E-state index contributed by atoms with van der Waals surface area (Å²) in [5, 5.41) is 3.88. The zero-order chi connectivity index (χ0) is 13.3. The van der Waals surface area contributed by atoms with Gasteiger partial charge in [0.05, 0.1) is 11.3 Å². The van der Waals surface area contributed by atoms with E-state index in [0.29, 0.717) is 11.3 Å². The largest absolute Gasteiger partial charge is 0.417 e. The molecule has 2 rings (SSSR count). The lowest BCUT2D eigenvalue weighted by Gasteiger charge is -2.14. The molecule has 1 heterocycles. The number of nitrogens with two attached hydrogens (primary N) is 1. The van der Waals surface area contributed by atoms with Crippen LogP contribution in [-0.2, 0) is 19.8 Å². The van der Waals surface area contributed by atoms with Crippen LogP contribution in [0.3, 0.4) is 0 Å². The van der Waals surface area contributed by atoms with Gasteiger partial charge < -0.3 is 5.73 Å². The van der Waals surface area contributed by atoms with Crippen molar-refractivity contribution in [2.24, 2.45) is 12.8 Å². The summed E-state index contributed by atoms with van der Waals surface area (Å²) >= 11 is 0. The molecule has 96 valence electrons. The summed E-state index contributed by atoms with van der Waals surface area (Å²) in [6, 6.07) is 5.66. The third-order valence-electron chi connectivity index (χ3n) is 2.72. The average Bonchev–Trinajstić information content (AvgIpc) is 2.73. The molecule has 0 aliphatic heterocycles. The predicted octanol–water partition coefficient (Wildman–Crippen LogP) is 2.56. The third-order valence-corrected chi connectivity index (χ3v) is 2.72. The lowest BCUT2D eigenvalue weighted by molar-refractivity contribution is -0.137. The lowest BCUT2D eigenvalue weighted by Crippen LogP contribution is -2.10. The SMILES string of the molecule is Cn1nccc1-c1ccc(CN)cc1C(F)(F)F. The molecule has 0 unspecified atom stereocenters. The number of hydrogen-bond acceptors (Lipinski definition) is 2. The van der Waals surface area contributed by atoms with Gasteiger partial charge in [0, 0.05) is 25.4 Å². The molecule has 0 amide bonds. The van der Waals surface area contributed by atoms with E-state index in [9.17, 15) is 13.2 Å². The van der Waals surface area contributed by atoms with Crippen LogP contribution in [0.25, 0.3) is 11.3 Å². The second kappa shape index (κ2) is 4.45. The summed E-state index contributed by atoms with van der Waals surface area (Å²) in [6.07, 6.45) is -2.95. The maximum Gasteiger partial charge on any atom is 0.417 e. The van der Waals surface area contributed by atoms with Gasteiger partial charge in [-0.3, -0.25) is 4.68 Å². The van der Waals surface area contributed by atoms with E-state index in [1.54, 1.807) is 19.2 Å². The van der Waals surface area contributed by atoms with Crippen LogP contribution >= 0.6 is 0 Å². The fourth-order valence-electron chi connectivity index (χ4n) is 1.81. The third kappa shape index (κ3) is 2.24. The van der Waals surface area contributed by atoms with Crippen LogP contribution < -0.4 is 5.73 Å². The topological polar surface area (TPSA) is 43.8 Å². The number of hydrogen-bond donors (Lipinski definition) is 1. The van der Waals surface area contributed by atoms with Gasteiger partial charge in [-0.25, -0.2) is 0 Å². The normalized spacial score (nSPS) is 11.8. The van der Waals surface area contributed by atoms with Gasteiger partial charge in [0.25, 0.3) is 0 Å². The Morgan fingerprint density at radius 1 is 1.28 bits per heavy atom. The molecule has 2 aromatic rings. The molecule has 3 nitrogen and oxygen atoms in total. The lowest BCUT2D eigenvalue weighted by atomic mass is 10.0. The van der Waals surface area contributed by atoms with Crippen LogP contribution in [0.1, 0.15) is 11.1 Å². The van der Waals surface area contributed by atoms with Crippen LogP contribution in [-0.4, -0.2) is 9.78 Å². The molecule has 0 radical (unpaired) electrons. The Morgan fingerprint density at radius 2 is 2.00 bits per heavy atom. The summed E-state index contributed by atoms with van der Waals surface area (Å²) < 4.78 is 40.5. The van der Waals surface area contributed by atoms with Gasteiger partial charge in [-0.15, -0.1) is 0 Å². The Hall–Kier alpha value is -1.82. The average molecular weight is 255 g/mol. The highest BCUT2D eigenvalue weighted by Gasteiger charge is 2.34. The molecule has 0 aliphatic carbocycles. The quantitative estimate of drug-likeness (QED) is 0.896. The zero-order valence-electron chi connectivity index (χ0n) is 9.70. The molecular weight excluding hydrogens is 243 g/mol. The number of benzene rings is 1. The van der Waals surface area contributed by atoms with Crippen molar-refractivity contribution in [3.63, 3.8) is 0 Å². The Labute approximate surface area is 102 Å². The van der Waals surface area contributed by atoms with Gasteiger partial charge in [0.2, 0.25) is 0 Å². The van der Waals surface area contributed by atoms with Crippen LogP contribution in [0.2, 0.25) is 0 Å². The number of rotatable bonds is 2. The van der Waals surface area contributed by atoms with Gasteiger partial charge in [-0.05, 0) is 17.7 Å². The van der Waals surface area contributed by atoms with E-state index < -0.39 is 11.7 Å². The fourth-order valence-corrected chi connectivity index (χ4v) is 1.81. The highest BCUT2D eigenvalue weighted by atomic mass is 19.4. The first kappa shape index (κ1) is 12.6. The van der Waals surface area contributed by atoms with E-state index in [2.05, 4.69) is 5.10 Å². The second-order valence-corrected chi connectivity index (χ2v) is 3.92. The van der Waals surface area contributed by atoms with E-state index in [0.717, 1.165) is 6.07 Å². The Kier molecular flexibility index (Phi) is 3.13. The van der Waals surface area contributed by atoms with Crippen molar-refractivity contribution in [3.8, 4) is 11.3 Å². The molecule has 0 aliphatic rings. The number of alkyl halides is 3. The molecule has 0 saturated carbocycles. The summed E-state index contributed by atoms with van der Waals surface area (Å²) in [6.45, 7) is 0.0781. The van der Waals surface area contributed by atoms with Gasteiger partial charge in [0.15, 0.2) is 0 Å². The van der Waals surface area contributed by atoms with Crippen molar-refractivity contribution in [2.45, 2.75) is 12.7 Å². The minimum atomic E-state index is -4.41. The van der Waals surface area contributed by atoms with Crippen LogP contribution in [0.4, 0.5) is 13.2 Å². The van der Waals surface area contributed by atoms with E-state index in [1.807, 2.05) is 0 Å². The maximum atomic E-state index is 13.0. The standard InChI is InChI=1S/C12H12F3N3/c1-18-11(4-5-17-18)9-3-2-8(7-16)6-10(9)12(13,14)15/h2-6H,7,16H2,1H3. The first-order valence-electron chi connectivity index (χ1n) is 5.32. The van der Waals surface area contributed by atoms with Gasteiger partial charge >= 0.3 is 6.18 Å². The van der Waals surface area contributed by atoms with Crippen LogP contribution in [0.15, 0.2) is 30.5 Å². The summed E-state index contributed by atoms with van der Waals surface area (Å²) in [5.41, 5.74) is 5.67. The van der Waals surface area contributed by atoms with E-state index in [-0.39, 0.29) is 12.1 Å². The highest BCUT2D eigenvalue weighted by Crippen LogP contribution is 2.37. The number of aryl methyl sites for hydroxylation is 1. The maximum absolute atomic E-state index is 13.0. The van der Waals surface area contributed by atoms with E-state index in [1.165, 1.54) is 16.9 Å². The molecule has 0 fully saturated rings. The zero-order valence-corrected chi connectivity index (χ0v) is 9.70. The van der Waals surface area contributed by atoms with Gasteiger partial charge in [0.1, 0.15) is 0 Å². The molecule has 2 N–H and O–H groups in total. The van der Waals surface area contributed by atoms with Crippen LogP contribution in [0, 0.1) is 0 Å². The molecule has 0 bridgehead atoms. The molecular formula is C12H12F3N3. The van der Waals surface area contributed by atoms with Crippen molar-refractivity contribution in [1.29, 1.82) is 0 Å². The van der Waals surface area contributed by atoms with Gasteiger partial charge in [-0.1, -0.05) is 12.1 Å². The minimum Gasteiger partial charge on any atom is -0.326 e. The summed E-state index contributed by atoms with van der Waals surface area (Å²) in [4.78, 5) is 0. The van der Waals surface area contributed by atoms with E-state index >= 15 is 0 Å². The first-order chi connectivity index (χ1) is 8.43. The minimum absolute atomic E-state index is 0.0781. The van der Waals surface area contributed by atoms with Crippen molar-refractivity contribution >= 4 is 0 Å². The van der Waals surface area contributed by atoms with Crippen molar-refractivity contribution in [2.75, 3.05) is 0 Å². The highest BCUT2D eigenvalue weighted by molar-refractivity contribution is 5.65. The Bertz CT molecular complexity index is 558. The van der Waals surface area contributed by atoms with Crippen molar-refractivity contribution in [1.82, 2.24) is 9.78 Å². The Morgan fingerprint density at radius 3 is 2.50 bits per heavy atom. The first-order valence-corrected chi connectivity index (χ1v) is 5.32. The fraction of sp³-hybridized carbons (Fsp3) is 0.250. The molecule has 0 spiro atoms. The smallest absolute Gasteiger partial charge is 0.326 e. The van der Waals surface area contributed by atoms with E-state index in [4.69, 9.17) is 5.73 Å². The molecule has 6 heteroatoms. The number of halogens is 3. The Balaban J connectivity index is 2.64. The molecule has 1 aromatic carbocycles. The summed E-state index contributed by atoms with van der Waals surface area (Å²) in [7, 11) is 1.60. The second-order valence-electron chi connectivity index (χ2n) is 3.92. The number of nitrogens with zero attached hydrogens (tertiary/aromatic N) is 2. The van der Waals surface area contributed by atoms with Crippen molar-refractivity contribution in [3.05, 3.63) is 41.6 Å².